The number of aromatic amines is 5. The van der Waals surface area contributed by atoms with Gasteiger partial charge in [0.25, 0.3) is 29.5 Å². The van der Waals surface area contributed by atoms with E-state index in [1.165, 1.54) is 36.1 Å². The van der Waals surface area contributed by atoms with Crippen molar-refractivity contribution < 1.29 is 71.1 Å². The molecule has 1 saturated carbocycles. The van der Waals surface area contributed by atoms with Crippen LogP contribution in [-0.2, 0) is 25.5 Å². The highest BCUT2D eigenvalue weighted by molar-refractivity contribution is 6.14. The first-order chi connectivity index (χ1) is 72.1. The largest absolute Gasteiger partial charge is 0.495 e. The third-order valence-electron chi connectivity index (χ3n) is 26.5. The van der Waals surface area contributed by atoms with Crippen LogP contribution >= 0.6 is 0 Å². The number of fused-ring (bicyclic) bond motifs is 10. The fourth-order valence-corrected chi connectivity index (χ4v) is 18.9. The molecule has 6 aromatic heterocycles. The summed E-state index contributed by atoms with van der Waals surface area (Å²) in [5, 5.41) is 67.6. The van der Waals surface area contributed by atoms with Gasteiger partial charge in [0, 0.05) is 67.1 Å². The first kappa shape index (κ1) is 96.5. The summed E-state index contributed by atoms with van der Waals surface area (Å²) in [6.07, 6.45) is 6.54. The molecule has 1 aliphatic carbocycles. The van der Waals surface area contributed by atoms with Gasteiger partial charge >= 0.3 is 5.97 Å². The normalized spacial score (nSPS) is 13.7. The number of hydrogen-bond donors (Lipinski definition) is 10. The van der Waals surface area contributed by atoms with Crippen LogP contribution < -0.4 is 50.3 Å². The lowest BCUT2D eigenvalue weighted by Crippen LogP contribution is -2.38. The molecule has 0 radical (unpaired) electrons. The Morgan fingerprint density at radius 3 is 0.973 bits per heavy atom. The first-order valence-electron chi connectivity index (χ1n) is 48.6. The Hall–Kier alpha value is -18.0. The molecule has 147 heavy (non-hydrogen) atoms. The number of H-pyrrole nitrogens is 5. The maximum Gasteiger partial charge on any atom is 0.328 e. The van der Waals surface area contributed by atoms with Crippen LogP contribution in [-0.4, -0.2) is 180 Å². The lowest BCUT2D eigenvalue weighted by atomic mass is 10.0. The zero-order chi connectivity index (χ0) is 101. The van der Waals surface area contributed by atoms with Gasteiger partial charge in [-0.05, 0) is 196 Å². The van der Waals surface area contributed by atoms with Crippen molar-refractivity contribution in [3.8, 4) is 85.0 Å². The summed E-state index contributed by atoms with van der Waals surface area (Å²) < 4.78 is 49.5. The fourth-order valence-electron chi connectivity index (χ4n) is 18.9. The molecule has 2 atom stereocenters. The Kier molecular flexibility index (Phi) is 28.8. The van der Waals surface area contributed by atoms with E-state index in [-0.39, 0.29) is 35.6 Å². The Morgan fingerprint density at radius 2 is 0.673 bits per heavy atom. The van der Waals surface area contributed by atoms with E-state index >= 15 is 0 Å². The van der Waals surface area contributed by atoms with Crippen LogP contribution in [0.5, 0.6) is 28.7 Å². The SMILES string of the molecule is CCOCCNC(=O)c1ccc2n[nH]c(-c3ccc4ccccc4c3)c2c1OC.COc1c(C(=O)NC2CCOC2=O)ccc2n[nH]c(-c3ccc4ccccc4c3)c12.COc1c(C(=O)NCC2CC2)ccc2n[nH]c(-c3ccc4ccccc4c3)c12.COc1c(C(=O)NCC2CCCO2)ccc2n[nH]c(-c3ccc4ccccc4c3)c12.COc1c(C(=O)NCc2ccco2)ccc2n[nH]c(-c3ccc4ccccc4c3)c12. The van der Waals surface area contributed by atoms with Gasteiger partial charge in [-0.15, -0.1) is 0 Å². The van der Waals surface area contributed by atoms with Crippen molar-refractivity contribution in [2.24, 2.45) is 5.92 Å². The minimum atomic E-state index is -0.637. The Bertz CT molecular complexity index is 8510. The summed E-state index contributed by atoms with van der Waals surface area (Å²) in [4.78, 5) is 75.8. The van der Waals surface area contributed by atoms with Crippen LogP contribution in [0.2, 0.25) is 0 Å². The number of ether oxygens (including phenoxy) is 8. The van der Waals surface area contributed by atoms with Crippen LogP contribution in [0.15, 0.2) is 296 Å². The van der Waals surface area contributed by atoms with Crippen molar-refractivity contribution in [1.29, 1.82) is 0 Å². The number of furan rings is 1. The maximum absolute atomic E-state index is 12.9. The number of carbonyl (C=O) groups excluding carboxylic acids is 6. The molecule has 5 amide bonds. The molecule has 3 fully saturated rings. The molecule has 21 aromatic rings. The fraction of sp³-hybridized carbons (Fsp3) is 0.188. The molecule has 15 aromatic carbocycles. The zero-order valence-corrected chi connectivity index (χ0v) is 81.5. The van der Waals surface area contributed by atoms with Crippen LogP contribution in [0.25, 0.3) is 165 Å². The molecule has 0 bridgehead atoms. The van der Waals surface area contributed by atoms with Crippen LogP contribution in [0, 0.1) is 5.92 Å². The zero-order valence-electron chi connectivity index (χ0n) is 81.5. The molecule has 24 rings (SSSR count). The van der Waals surface area contributed by atoms with E-state index < -0.39 is 12.0 Å². The van der Waals surface area contributed by atoms with Crippen molar-refractivity contribution in [3.05, 3.63) is 325 Å². The molecule has 8 heterocycles. The molecule has 2 saturated heterocycles. The number of esters is 1. The molecule has 738 valence electrons. The highest BCUT2D eigenvalue weighted by Gasteiger charge is 2.33. The van der Waals surface area contributed by atoms with E-state index in [0.29, 0.717) is 120 Å². The van der Waals surface area contributed by atoms with E-state index in [2.05, 4.69) is 199 Å². The van der Waals surface area contributed by atoms with E-state index in [1.54, 1.807) is 77.2 Å². The number of cyclic esters (lactones) is 1. The van der Waals surface area contributed by atoms with Crippen molar-refractivity contribution in [2.45, 2.75) is 57.7 Å². The number of rotatable bonds is 26. The van der Waals surface area contributed by atoms with Crippen molar-refractivity contribution in [2.75, 3.05) is 81.6 Å². The van der Waals surface area contributed by atoms with E-state index in [9.17, 15) is 28.8 Å². The summed E-state index contributed by atoms with van der Waals surface area (Å²) in [7, 11) is 7.84. The number of carbonyl (C=O) groups is 6. The van der Waals surface area contributed by atoms with E-state index in [1.807, 2.05) is 128 Å². The molecule has 3 aliphatic rings. The van der Waals surface area contributed by atoms with Gasteiger partial charge in [-0.1, -0.05) is 182 Å². The molecular weight excluding hydrogens is 1860 g/mol. The van der Waals surface area contributed by atoms with E-state index in [0.717, 1.165) is 169 Å². The standard InChI is InChI=1S/C24H23N3O3.C24H19N3O3.C23H19N3O4.C23H23N3O3.C23H21N3O2/c2*1-29-23-19(24(28)25-14-18-7-4-12-30-18)10-11-20-21(23)22(27-26-20)17-9-8-15-5-2-3-6-16(15)13-17;1-29-21-16(22(27)24-18-10-11-30-23(18)28)8-9-17-19(21)20(26-25-17)15-7-6-13-4-2-3-5-14(13)12-15;1-3-29-13-12-24-23(27)18-10-11-19-20(22(18)28-2)21(26-25-19)17-9-8-15-6-4-5-7-16(15)14-17;1-28-22-18(23(27)24-13-14-6-7-14)10-11-19-20(22)21(26-25-19)17-9-8-15-4-2-3-5-16(15)12-17/h2-3,5-6,8-11,13,18H,4,7,12,14H2,1H3,(H,25,28)(H,26,27);2-13H,14H2,1H3,(H,25,28)(H,26,27);2-9,12,18H,10-11H2,1H3,(H,24,27)(H,25,26);4-11,14H,3,12-13H2,1-2H3,(H,24,27)(H,25,26);2-5,8-12,14H,6-7,13H2,1H3,(H,24,27)(H,25,26). The van der Waals surface area contributed by atoms with Crippen molar-refractivity contribution in [1.82, 2.24) is 77.6 Å². The third kappa shape index (κ3) is 20.6. The maximum atomic E-state index is 12.9. The molecule has 0 spiro atoms. The monoisotopic (exact) mass is 1960 g/mol. The number of nitrogens with zero attached hydrogens (tertiary/aromatic N) is 5. The van der Waals surface area contributed by atoms with Crippen molar-refractivity contribution >= 4 is 144 Å². The topological polar surface area (TPSA) is 393 Å². The average molecular weight is 1960 g/mol. The van der Waals surface area contributed by atoms with Crippen LogP contribution in [0.1, 0.15) is 96.6 Å². The molecule has 30 heteroatoms. The molecule has 30 nitrogen and oxygen atoms in total. The lowest BCUT2D eigenvalue weighted by Gasteiger charge is -2.14. The third-order valence-corrected chi connectivity index (χ3v) is 26.5. The minimum Gasteiger partial charge on any atom is -0.495 e. The number of hydrogen-bond acceptors (Lipinski definition) is 20. The summed E-state index contributed by atoms with van der Waals surface area (Å²) in [6.45, 7) is 6.06. The van der Waals surface area contributed by atoms with Gasteiger partial charge < -0.3 is 68.9 Å². The molecule has 2 unspecified atom stereocenters. The second-order valence-electron chi connectivity index (χ2n) is 35.7. The second kappa shape index (κ2) is 43.8. The van der Waals surface area contributed by atoms with Gasteiger partial charge in [-0.2, -0.15) is 25.5 Å². The molecular formula is C117H105N15O15. The smallest absolute Gasteiger partial charge is 0.328 e. The number of aromatic nitrogens is 10. The Morgan fingerprint density at radius 1 is 0.347 bits per heavy atom. The van der Waals surface area contributed by atoms with Gasteiger partial charge in [0.2, 0.25) is 0 Å². The minimum absolute atomic E-state index is 0.0887. The van der Waals surface area contributed by atoms with Crippen LogP contribution in [0.3, 0.4) is 0 Å². The number of nitrogens with one attached hydrogen (secondary N) is 10. The highest BCUT2D eigenvalue weighted by Crippen LogP contribution is 2.45. The number of methoxy groups -OCH3 is 5. The van der Waals surface area contributed by atoms with Gasteiger partial charge in [0.05, 0.1) is 178 Å². The van der Waals surface area contributed by atoms with Gasteiger partial charge in [-0.25, -0.2) is 4.79 Å². The highest BCUT2D eigenvalue weighted by atomic mass is 16.5. The van der Waals surface area contributed by atoms with E-state index in [4.69, 9.17) is 42.3 Å². The summed E-state index contributed by atoms with van der Waals surface area (Å²) in [6, 6.07) is 92.8. The summed E-state index contributed by atoms with van der Waals surface area (Å²) >= 11 is 0. The van der Waals surface area contributed by atoms with Gasteiger partial charge in [0.15, 0.2) is 0 Å². The Balaban J connectivity index is 0.000000112. The van der Waals surface area contributed by atoms with Crippen molar-refractivity contribution in [3.63, 3.8) is 0 Å². The predicted molar refractivity (Wildman–Crippen MR) is 570 cm³/mol. The second-order valence-corrected chi connectivity index (χ2v) is 35.7. The first-order valence-corrected chi connectivity index (χ1v) is 48.6. The predicted octanol–water partition coefficient (Wildman–Crippen LogP) is 21.3. The molecule has 2 aliphatic heterocycles. The van der Waals surface area contributed by atoms with Gasteiger partial charge in [-0.3, -0.25) is 49.5 Å². The van der Waals surface area contributed by atoms with Gasteiger partial charge in [0.1, 0.15) is 40.5 Å². The quantitative estimate of drug-likeness (QED) is 0.0178. The number of amides is 5. The lowest BCUT2D eigenvalue weighted by molar-refractivity contribution is -0.139. The van der Waals surface area contributed by atoms with Crippen LogP contribution in [0.4, 0.5) is 0 Å². The molecule has 10 N–H and O–H groups in total. The average Bonchev–Trinajstić information content (AvgIpc) is 1.67. The number of benzene rings is 15. The summed E-state index contributed by atoms with van der Waals surface area (Å²) in [5.41, 5.74) is 15.0. The Labute approximate surface area is 842 Å². The summed E-state index contributed by atoms with van der Waals surface area (Å²) in [5.74, 6) is 2.28.